The zero-order valence-corrected chi connectivity index (χ0v) is 11.6. The SMILES string of the molecule is CC1OC(C2CNc3cnn(-c4ccc(F)cc4)c3C2)O1. The van der Waals surface area contributed by atoms with Gasteiger partial charge in [0.25, 0.3) is 0 Å². The van der Waals surface area contributed by atoms with Gasteiger partial charge in [-0.25, -0.2) is 9.07 Å². The third-order valence-electron chi connectivity index (χ3n) is 3.99. The predicted molar refractivity (Wildman–Crippen MR) is 74.6 cm³/mol. The van der Waals surface area contributed by atoms with Crippen LogP contribution in [0.25, 0.3) is 5.69 Å². The largest absolute Gasteiger partial charge is 0.382 e. The van der Waals surface area contributed by atoms with Crippen molar-refractivity contribution in [1.82, 2.24) is 9.78 Å². The van der Waals surface area contributed by atoms with Crippen molar-refractivity contribution < 1.29 is 13.9 Å². The van der Waals surface area contributed by atoms with Gasteiger partial charge in [0, 0.05) is 18.9 Å². The van der Waals surface area contributed by atoms with Crippen LogP contribution in [0.2, 0.25) is 0 Å². The first-order valence-electron chi connectivity index (χ1n) is 7.08. The van der Waals surface area contributed by atoms with Crippen LogP contribution in [0.15, 0.2) is 30.5 Å². The molecule has 1 saturated heterocycles. The molecule has 0 amide bonds. The lowest BCUT2D eigenvalue weighted by molar-refractivity contribution is -0.391. The molecule has 0 bridgehead atoms. The summed E-state index contributed by atoms with van der Waals surface area (Å²) in [5.74, 6) is 0.00521. The Kier molecular flexibility index (Phi) is 2.94. The summed E-state index contributed by atoms with van der Waals surface area (Å²) in [5.41, 5.74) is 2.94. The van der Waals surface area contributed by atoms with Crippen LogP contribution in [0.1, 0.15) is 12.6 Å². The van der Waals surface area contributed by atoms with Crippen LogP contribution < -0.4 is 5.32 Å². The molecule has 0 saturated carbocycles. The molecule has 1 aromatic carbocycles. The first kappa shape index (κ1) is 12.8. The molecule has 21 heavy (non-hydrogen) atoms. The third kappa shape index (κ3) is 2.20. The number of ether oxygens (including phenoxy) is 2. The second-order valence-corrected chi connectivity index (χ2v) is 5.45. The topological polar surface area (TPSA) is 48.3 Å². The Morgan fingerprint density at radius 2 is 2.05 bits per heavy atom. The molecular weight excluding hydrogens is 273 g/mol. The van der Waals surface area contributed by atoms with E-state index >= 15 is 0 Å². The number of rotatable bonds is 2. The summed E-state index contributed by atoms with van der Waals surface area (Å²) in [7, 11) is 0. The summed E-state index contributed by atoms with van der Waals surface area (Å²) >= 11 is 0. The minimum Gasteiger partial charge on any atom is -0.382 e. The first-order valence-corrected chi connectivity index (χ1v) is 7.08. The molecule has 0 spiro atoms. The number of halogens is 1. The fourth-order valence-electron chi connectivity index (χ4n) is 2.89. The fraction of sp³-hybridized carbons (Fsp3) is 0.400. The number of aromatic nitrogens is 2. The minimum atomic E-state index is -0.249. The first-order chi connectivity index (χ1) is 10.2. The van der Waals surface area contributed by atoms with Gasteiger partial charge >= 0.3 is 0 Å². The second-order valence-electron chi connectivity index (χ2n) is 5.45. The standard InChI is InChI=1S/C15H16FN3O2/c1-9-20-15(21-9)10-6-14-13(17-7-10)8-18-19(14)12-4-2-11(16)3-5-12/h2-5,8-10,15,17H,6-7H2,1H3. The van der Waals surface area contributed by atoms with Crippen molar-refractivity contribution in [3.63, 3.8) is 0 Å². The smallest absolute Gasteiger partial charge is 0.168 e. The lowest BCUT2D eigenvalue weighted by atomic mass is 9.97. The van der Waals surface area contributed by atoms with Gasteiger partial charge in [-0.15, -0.1) is 0 Å². The average Bonchev–Trinajstić information content (AvgIpc) is 2.88. The maximum Gasteiger partial charge on any atom is 0.168 e. The number of anilines is 1. The Labute approximate surface area is 121 Å². The van der Waals surface area contributed by atoms with Gasteiger partial charge in [0.2, 0.25) is 0 Å². The minimum absolute atomic E-state index is 0.113. The molecule has 110 valence electrons. The lowest BCUT2D eigenvalue weighted by Gasteiger charge is -2.40. The molecule has 2 aliphatic heterocycles. The van der Waals surface area contributed by atoms with Gasteiger partial charge in [0.05, 0.1) is 23.3 Å². The van der Waals surface area contributed by atoms with Crippen LogP contribution in [0.3, 0.4) is 0 Å². The molecule has 3 heterocycles. The summed E-state index contributed by atoms with van der Waals surface area (Å²) in [6, 6.07) is 6.34. The van der Waals surface area contributed by atoms with Gasteiger partial charge in [-0.3, -0.25) is 0 Å². The maximum atomic E-state index is 13.1. The molecule has 1 N–H and O–H groups in total. The molecule has 5 nitrogen and oxygen atoms in total. The highest BCUT2D eigenvalue weighted by atomic mass is 19.1. The third-order valence-corrected chi connectivity index (χ3v) is 3.99. The van der Waals surface area contributed by atoms with Gasteiger partial charge in [0.1, 0.15) is 5.82 Å². The molecule has 6 heteroatoms. The summed E-state index contributed by atoms with van der Waals surface area (Å²) < 4.78 is 26.1. The van der Waals surface area contributed by atoms with E-state index < -0.39 is 0 Å². The zero-order chi connectivity index (χ0) is 14.4. The van der Waals surface area contributed by atoms with Crippen LogP contribution >= 0.6 is 0 Å². The van der Waals surface area contributed by atoms with E-state index in [0.29, 0.717) is 0 Å². The highest BCUT2D eigenvalue weighted by Gasteiger charge is 2.37. The van der Waals surface area contributed by atoms with Crippen LogP contribution in [-0.4, -0.2) is 28.9 Å². The molecule has 1 atom stereocenters. The summed E-state index contributed by atoms with van der Waals surface area (Å²) in [6.07, 6.45) is 2.35. The molecular formula is C15H16FN3O2. The Morgan fingerprint density at radius 3 is 2.76 bits per heavy atom. The Balaban J connectivity index is 1.61. The highest BCUT2D eigenvalue weighted by molar-refractivity contribution is 5.52. The van der Waals surface area contributed by atoms with Gasteiger partial charge in [-0.05, 0) is 31.2 Å². The van der Waals surface area contributed by atoms with Crippen molar-refractivity contribution in [2.75, 3.05) is 11.9 Å². The molecule has 1 aromatic heterocycles. The summed E-state index contributed by atoms with van der Waals surface area (Å²) in [6.45, 7) is 2.69. The van der Waals surface area contributed by atoms with Crippen molar-refractivity contribution in [2.45, 2.75) is 25.9 Å². The monoisotopic (exact) mass is 289 g/mol. The van der Waals surface area contributed by atoms with Crippen molar-refractivity contribution in [1.29, 1.82) is 0 Å². The van der Waals surface area contributed by atoms with Crippen molar-refractivity contribution in [3.8, 4) is 5.69 Å². The van der Waals surface area contributed by atoms with E-state index in [-0.39, 0.29) is 24.3 Å². The molecule has 0 aliphatic carbocycles. The van der Waals surface area contributed by atoms with Crippen molar-refractivity contribution >= 4 is 5.69 Å². The molecule has 1 fully saturated rings. The lowest BCUT2D eigenvalue weighted by Crippen LogP contribution is -2.48. The fourth-order valence-corrected chi connectivity index (χ4v) is 2.89. The number of benzene rings is 1. The predicted octanol–water partition coefficient (Wildman–Crippen LogP) is 2.31. The van der Waals surface area contributed by atoms with E-state index in [1.807, 2.05) is 11.6 Å². The molecule has 2 aliphatic rings. The Bertz CT molecular complexity index is 649. The van der Waals surface area contributed by atoms with Crippen LogP contribution in [0.4, 0.5) is 10.1 Å². The number of nitrogens with one attached hydrogen (secondary N) is 1. The highest BCUT2D eigenvalue weighted by Crippen LogP contribution is 2.33. The Morgan fingerprint density at radius 1 is 1.29 bits per heavy atom. The second kappa shape index (κ2) is 4.82. The van der Waals surface area contributed by atoms with Crippen molar-refractivity contribution in [2.24, 2.45) is 5.92 Å². The number of hydrogen-bond acceptors (Lipinski definition) is 4. The van der Waals surface area contributed by atoms with E-state index in [4.69, 9.17) is 9.47 Å². The number of fused-ring (bicyclic) bond motifs is 1. The van der Waals surface area contributed by atoms with Gasteiger partial charge < -0.3 is 14.8 Å². The van der Waals surface area contributed by atoms with E-state index in [2.05, 4.69) is 10.4 Å². The number of nitrogens with zero attached hydrogens (tertiary/aromatic N) is 2. The van der Waals surface area contributed by atoms with E-state index in [1.165, 1.54) is 12.1 Å². The Hall–Kier alpha value is -1.92. The van der Waals surface area contributed by atoms with E-state index in [0.717, 1.165) is 30.0 Å². The molecule has 2 aromatic rings. The molecule has 0 radical (unpaired) electrons. The average molecular weight is 289 g/mol. The van der Waals surface area contributed by atoms with Gasteiger partial charge in [-0.2, -0.15) is 5.10 Å². The zero-order valence-electron chi connectivity index (χ0n) is 11.6. The van der Waals surface area contributed by atoms with Crippen LogP contribution in [0.5, 0.6) is 0 Å². The van der Waals surface area contributed by atoms with Crippen LogP contribution in [-0.2, 0) is 15.9 Å². The molecule has 1 unspecified atom stereocenters. The van der Waals surface area contributed by atoms with E-state index in [9.17, 15) is 4.39 Å². The summed E-state index contributed by atoms with van der Waals surface area (Å²) in [5, 5.41) is 7.76. The maximum absolute atomic E-state index is 13.1. The quantitative estimate of drug-likeness (QED) is 0.921. The van der Waals surface area contributed by atoms with Crippen molar-refractivity contribution in [3.05, 3.63) is 42.0 Å². The summed E-state index contributed by atoms with van der Waals surface area (Å²) in [4.78, 5) is 0. The normalized spacial score (nSPS) is 27.6. The van der Waals surface area contributed by atoms with Gasteiger partial charge in [-0.1, -0.05) is 0 Å². The van der Waals surface area contributed by atoms with Crippen LogP contribution in [0, 0.1) is 11.7 Å². The van der Waals surface area contributed by atoms with E-state index in [1.54, 1.807) is 18.3 Å². The molecule has 4 rings (SSSR count). The van der Waals surface area contributed by atoms with Gasteiger partial charge in [0.15, 0.2) is 12.6 Å². The number of hydrogen-bond donors (Lipinski definition) is 1.